The van der Waals surface area contributed by atoms with Gasteiger partial charge in [0.15, 0.2) is 17.0 Å². The molecule has 3 fully saturated rings. The van der Waals surface area contributed by atoms with Crippen molar-refractivity contribution in [2.75, 3.05) is 71.5 Å². The Labute approximate surface area is 286 Å². The number of aromatic nitrogens is 4. The number of nitrogens with zero attached hydrogens (tertiary/aromatic N) is 10. The summed E-state index contributed by atoms with van der Waals surface area (Å²) in [6.45, 7) is 7.78. The minimum atomic E-state index is -5.08. The maximum absolute atomic E-state index is 13.6. The molecule has 3 aromatic rings. The fourth-order valence-electron chi connectivity index (χ4n) is 6.07. The van der Waals surface area contributed by atoms with Crippen LogP contribution in [0.2, 0.25) is 0 Å². The maximum Gasteiger partial charge on any atom is 0.490 e. The van der Waals surface area contributed by atoms with Gasteiger partial charge in [0, 0.05) is 64.5 Å². The van der Waals surface area contributed by atoms with Crippen molar-refractivity contribution in [1.82, 2.24) is 44.5 Å². The lowest BCUT2D eigenvalue weighted by molar-refractivity contribution is -0.192. The molecule has 50 heavy (non-hydrogen) atoms. The zero-order valence-electron chi connectivity index (χ0n) is 27.9. The number of hydrogen-bond donors (Lipinski definition) is 2. The van der Waals surface area contributed by atoms with Gasteiger partial charge in [-0.05, 0) is 44.6 Å². The number of nitrogens with one attached hydrogen (secondary N) is 1. The van der Waals surface area contributed by atoms with Gasteiger partial charge < -0.3 is 19.8 Å². The van der Waals surface area contributed by atoms with Gasteiger partial charge in [-0.3, -0.25) is 20.1 Å². The summed E-state index contributed by atoms with van der Waals surface area (Å²) in [4.78, 5) is 58.1. The van der Waals surface area contributed by atoms with Gasteiger partial charge in [0.25, 0.3) is 5.91 Å². The first-order valence-corrected chi connectivity index (χ1v) is 16.4. The molecule has 4 heterocycles. The van der Waals surface area contributed by atoms with E-state index in [4.69, 9.17) is 9.90 Å². The van der Waals surface area contributed by atoms with Crippen LogP contribution < -0.4 is 10.4 Å². The van der Waals surface area contributed by atoms with Gasteiger partial charge in [-0.15, -0.1) is 0 Å². The largest absolute Gasteiger partial charge is 0.490 e. The Hall–Kier alpha value is -4.86. The summed E-state index contributed by atoms with van der Waals surface area (Å²) in [5, 5.41) is 18.7. The fourth-order valence-corrected chi connectivity index (χ4v) is 6.07. The molecule has 2 saturated heterocycles. The van der Waals surface area contributed by atoms with E-state index < -0.39 is 12.1 Å². The number of fused-ring (bicyclic) bond motifs is 1. The zero-order valence-corrected chi connectivity index (χ0v) is 27.9. The lowest BCUT2D eigenvalue weighted by atomic mass is 10.1. The monoisotopic (exact) mass is 699 g/mol. The van der Waals surface area contributed by atoms with E-state index in [0.717, 1.165) is 71.5 Å². The number of alkyl halides is 3. The summed E-state index contributed by atoms with van der Waals surface area (Å²) in [6, 6.07) is 9.50. The third kappa shape index (κ3) is 8.83. The van der Waals surface area contributed by atoms with E-state index in [0.29, 0.717) is 30.0 Å². The molecule has 0 atom stereocenters. The number of carboxylic acid groups (broad SMARTS) is 1. The van der Waals surface area contributed by atoms with Crippen LogP contribution in [-0.4, -0.2) is 141 Å². The molecular weight excluding hydrogens is 659 g/mol. The highest BCUT2D eigenvalue weighted by Crippen LogP contribution is 2.30. The van der Waals surface area contributed by atoms with Crippen molar-refractivity contribution < 1.29 is 32.7 Å². The molecule has 1 aliphatic carbocycles. The second-order valence-corrected chi connectivity index (χ2v) is 12.7. The first kappa shape index (κ1) is 36.4. The number of carbonyl (C=O) groups is 3. The molecule has 1 aromatic carbocycles. The van der Waals surface area contributed by atoms with Crippen LogP contribution in [0.15, 0.2) is 30.6 Å². The average molecular weight is 700 g/mol. The number of likely N-dealkylation sites (N-methyl/N-ethyl adjacent to an activating group) is 2. The molecule has 2 N–H and O–H groups in total. The van der Waals surface area contributed by atoms with Crippen molar-refractivity contribution in [3.8, 4) is 6.07 Å². The minimum Gasteiger partial charge on any atom is -0.475 e. The molecule has 0 unspecified atom stereocenters. The smallest absolute Gasteiger partial charge is 0.475 e. The Bertz CT molecular complexity index is 1700. The van der Waals surface area contributed by atoms with E-state index >= 15 is 0 Å². The number of hydrogen-bond acceptors (Lipinski definition) is 11. The number of piperazine rings is 2. The van der Waals surface area contributed by atoms with Gasteiger partial charge in [0.1, 0.15) is 12.4 Å². The minimum absolute atomic E-state index is 0.0245. The molecule has 1 saturated carbocycles. The molecule has 268 valence electrons. The first-order chi connectivity index (χ1) is 23.8. The third-order valence-electron chi connectivity index (χ3n) is 9.06. The first-order valence-electron chi connectivity index (χ1n) is 16.4. The Morgan fingerprint density at radius 3 is 2.10 bits per heavy atom. The van der Waals surface area contributed by atoms with E-state index in [2.05, 4.69) is 42.1 Å². The molecule has 3 aliphatic rings. The summed E-state index contributed by atoms with van der Waals surface area (Å²) >= 11 is 0. The summed E-state index contributed by atoms with van der Waals surface area (Å²) in [7, 11) is 4.18. The highest BCUT2D eigenvalue weighted by atomic mass is 19.4. The SMILES string of the molecule is CN1CCN(Cc2ccc(C(=O)NN(c3nc(C#N)nc4c3ncn4C(=O)N3CCN(C)CC3)C3CCCC3)cc2)CC1.O=C(O)C(F)(F)F. The van der Waals surface area contributed by atoms with Crippen LogP contribution >= 0.6 is 0 Å². The van der Waals surface area contributed by atoms with Crippen LogP contribution in [0.3, 0.4) is 0 Å². The molecule has 6 rings (SSSR count). The quantitative estimate of drug-likeness (QED) is 0.362. The second kappa shape index (κ2) is 15.8. The van der Waals surface area contributed by atoms with E-state index in [1.165, 1.54) is 16.5 Å². The van der Waals surface area contributed by atoms with Crippen molar-refractivity contribution in [2.45, 2.75) is 44.4 Å². The van der Waals surface area contributed by atoms with Crippen molar-refractivity contribution in [1.29, 1.82) is 5.26 Å². The lowest BCUT2D eigenvalue weighted by Gasteiger charge is -2.32. The van der Waals surface area contributed by atoms with Crippen molar-refractivity contribution in [2.24, 2.45) is 0 Å². The van der Waals surface area contributed by atoms with Crippen LogP contribution in [-0.2, 0) is 11.3 Å². The molecule has 2 aromatic heterocycles. The van der Waals surface area contributed by atoms with Crippen molar-refractivity contribution in [3.63, 3.8) is 0 Å². The fraction of sp³-hybridized carbons (Fsp3) is 0.531. The number of amides is 2. The molecule has 0 radical (unpaired) electrons. The maximum atomic E-state index is 13.6. The number of benzene rings is 1. The number of halogens is 3. The summed E-state index contributed by atoms with van der Waals surface area (Å²) in [5.41, 5.74) is 5.41. The van der Waals surface area contributed by atoms with Crippen molar-refractivity contribution >= 4 is 34.9 Å². The van der Waals surface area contributed by atoms with Gasteiger partial charge in [-0.2, -0.15) is 28.4 Å². The lowest BCUT2D eigenvalue weighted by Crippen LogP contribution is -2.49. The van der Waals surface area contributed by atoms with Crippen molar-refractivity contribution in [3.05, 3.63) is 47.5 Å². The predicted molar refractivity (Wildman–Crippen MR) is 175 cm³/mol. The molecule has 18 heteroatoms. The number of carboxylic acids is 1. The topological polar surface area (TPSA) is 167 Å². The van der Waals surface area contributed by atoms with Gasteiger partial charge in [0.2, 0.25) is 5.82 Å². The molecule has 15 nitrogen and oxygen atoms in total. The van der Waals surface area contributed by atoms with Gasteiger partial charge >= 0.3 is 18.2 Å². The highest BCUT2D eigenvalue weighted by Gasteiger charge is 2.38. The van der Waals surface area contributed by atoms with Crippen LogP contribution in [0.5, 0.6) is 0 Å². The Kier molecular flexibility index (Phi) is 11.5. The number of imidazole rings is 1. The molecular formula is C32H40F3N11O4. The Morgan fingerprint density at radius 2 is 1.54 bits per heavy atom. The third-order valence-corrected chi connectivity index (χ3v) is 9.06. The summed E-state index contributed by atoms with van der Waals surface area (Å²) in [5.74, 6) is -2.77. The number of rotatable bonds is 6. The molecule has 0 spiro atoms. The zero-order chi connectivity index (χ0) is 36.0. The predicted octanol–water partition coefficient (Wildman–Crippen LogP) is 2.39. The van der Waals surface area contributed by atoms with Crippen LogP contribution in [0.25, 0.3) is 11.2 Å². The van der Waals surface area contributed by atoms with E-state index in [9.17, 15) is 28.0 Å². The van der Waals surface area contributed by atoms with E-state index in [1.54, 1.807) is 9.91 Å². The number of nitriles is 1. The number of hydrazine groups is 1. The van der Waals surface area contributed by atoms with Gasteiger partial charge in [0.05, 0.1) is 6.04 Å². The number of carbonyl (C=O) groups excluding carboxylic acids is 2. The number of anilines is 1. The van der Waals surface area contributed by atoms with E-state index in [-0.39, 0.29) is 29.5 Å². The average Bonchev–Trinajstić information content (AvgIpc) is 3.79. The summed E-state index contributed by atoms with van der Waals surface area (Å²) < 4.78 is 33.1. The Morgan fingerprint density at radius 1 is 0.960 bits per heavy atom. The van der Waals surface area contributed by atoms with Crippen LogP contribution in [0.4, 0.5) is 23.8 Å². The van der Waals surface area contributed by atoms with Crippen LogP contribution in [0, 0.1) is 11.3 Å². The molecule has 0 bridgehead atoms. The van der Waals surface area contributed by atoms with Crippen LogP contribution in [0.1, 0.15) is 47.4 Å². The number of aliphatic carboxylic acids is 1. The van der Waals surface area contributed by atoms with Gasteiger partial charge in [-0.1, -0.05) is 25.0 Å². The van der Waals surface area contributed by atoms with Gasteiger partial charge in [-0.25, -0.2) is 19.1 Å². The second-order valence-electron chi connectivity index (χ2n) is 12.7. The Balaban J connectivity index is 0.000000630. The molecule has 2 amide bonds. The summed E-state index contributed by atoms with van der Waals surface area (Å²) in [6.07, 6.45) is 0.122. The molecule has 2 aliphatic heterocycles. The normalized spacial score (nSPS) is 18.0. The standard InChI is InChI=1S/C30H39N11O2.C2HF3O2/c1-36-11-15-38(16-12-36)20-22-7-9-23(10-8-22)29(42)35-41(24-5-3-4-6-24)28-26-27(33-25(19-31)34-28)40(21-32-26)30(43)39-17-13-37(2)14-18-39;3-2(4,5)1(6)7/h7-10,21,24H,3-6,11-18,20H2,1-2H3,(H,35,42);(H,6,7). The highest BCUT2D eigenvalue weighted by molar-refractivity contribution is 5.97. The van der Waals surface area contributed by atoms with E-state index in [1.807, 2.05) is 37.4 Å².